The molecule has 27 heavy (non-hydrogen) atoms. The number of aryl methyl sites for hydroxylation is 1. The molecule has 0 spiro atoms. The van der Waals surface area contributed by atoms with Crippen LogP contribution in [0.15, 0.2) is 48.5 Å². The number of carbonyl (C=O) groups excluding carboxylic acids is 1. The summed E-state index contributed by atoms with van der Waals surface area (Å²) in [6.07, 6.45) is 0.206. The molecule has 1 amide bonds. The van der Waals surface area contributed by atoms with Crippen LogP contribution in [0.4, 0.5) is 4.79 Å². The second kappa shape index (κ2) is 8.71. The molecule has 0 aliphatic rings. The number of aliphatic carboxylic acids is 1. The molecule has 1 unspecified atom stereocenters. The zero-order valence-electron chi connectivity index (χ0n) is 16.3. The van der Waals surface area contributed by atoms with Gasteiger partial charge < -0.3 is 15.2 Å². The number of carboxylic acid groups (broad SMARTS) is 1. The van der Waals surface area contributed by atoms with Crippen LogP contribution in [0, 0.1) is 0 Å². The van der Waals surface area contributed by atoms with Crippen molar-refractivity contribution in [3.05, 3.63) is 59.7 Å². The molecule has 0 fully saturated rings. The van der Waals surface area contributed by atoms with E-state index in [1.807, 2.05) is 76.2 Å². The Kier molecular flexibility index (Phi) is 6.61. The highest BCUT2D eigenvalue weighted by atomic mass is 16.6. The van der Waals surface area contributed by atoms with E-state index in [0.717, 1.165) is 22.3 Å². The maximum atomic E-state index is 12.0. The lowest BCUT2D eigenvalue weighted by atomic mass is 9.98. The van der Waals surface area contributed by atoms with E-state index in [9.17, 15) is 9.59 Å². The molecule has 0 saturated heterocycles. The Labute approximate surface area is 160 Å². The van der Waals surface area contributed by atoms with Crippen LogP contribution in [0.3, 0.4) is 0 Å². The van der Waals surface area contributed by atoms with Crippen LogP contribution >= 0.6 is 0 Å². The summed E-state index contributed by atoms with van der Waals surface area (Å²) in [6, 6.07) is 15.7. The molecule has 144 valence electrons. The van der Waals surface area contributed by atoms with E-state index in [1.165, 1.54) is 0 Å². The van der Waals surface area contributed by atoms with E-state index in [2.05, 4.69) is 5.32 Å². The third-order valence-electron chi connectivity index (χ3n) is 4.03. The average Bonchev–Trinajstić information content (AvgIpc) is 2.58. The van der Waals surface area contributed by atoms with Crippen LogP contribution in [0.25, 0.3) is 11.1 Å². The second-order valence-corrected chi connectivity index (χ2v) is 7.58. The predicted octanol–water partition coefficient (Wildman–Crippen LogP) is 4.96. The van der Waals surface area contributed by atoms with Gasteiger partial charge in [0.15, 0.2) is 0 Å². The van der Waals surface area contributed by atoms with E-state index >= 15 is 0 Å². The first-order valence-corrected chi connectivity index (χ1v) is 9.04. The molecule has 2 aromatic carbocycles. The number of hydrogen-bond acceptors (Lipinski definition) is 3. The Bertz CT molecular complexity index is 791. The highest BCUT2D eigenvalue weighted by Crippen LogP contribution is 2.24. The van der Waals surface area contributed by atoms with Crippen molar-refractivity contribution in [1.82, 2.24) is 5.32 Å². The van der Waals surface area contributed by atoms with Gasteiger partial charge in [-0.3, -0.25) is 4.79 Å². The molecular formula is C22H27NO4. The summed E-state index contributed by atoms with van der Waals surface area (Å²) in [5, 5.41) is 11.6. The molecule has 5 heteroatoms. The average molecular weight is 369 g/mol. The third-order valence-corrected chi connectivity index (χ3v) is 4.03. The van der Waals surface area contributed by atoms with Crippen molar-refractivity contribution in [1.29, 1.82) is 0 Å². The quantitative estimate of drug-likeness (QED) is 0.755. The van der Waals surface area contributed by atoms with Gasteiger partial charge in [-0.05, 0) is 62.4 Å². The summed E-state index contributed by atoms with van der Waals surface area (Å²) in [4.78, 5) is 22.6. The number of ether oxygens (including phenoxy) is 1. The smallest absolute Gasteiger partial charge is 0.408 e. The lowest BCUT2D eigenvalue weighted by Gasteiger charge is -2.22. The summed E-state index contributed by atoms with van der Waals surface area (Å²) < 4.78 is 5.31. The van der Waals surface area contributed by atoms with Crippen molar-refractivity contribution in [2.24, 2.45) is 0 Å². The van der Waals surface area contributed by atoms with Crippen molar-refractivity contribution in [2.75, 3.05) is 0 Å². The molecule has 0 aliphatic carbocycles. The van der Waals surface area contributed by atoms with Gasteiger partial charge in [-0.2, -0.15) is 0 Å². The fraction of sp³-hybridized carbons (Fsp3) is 0.364. The number of nitrogens with one attached hydrogen (secondary N) is 1. The summed E-state index contributed by atoms with van der Waals surface area (Å²) in [7, 11) is 0. The molecule has 0 heterocycles. The van der Waals surface area contributed by atoms with Gasteiger partial charge in [0.1, 0.15) is 5.60 Å². The van der Waals surface area contributed by atoms with Crippen LogP contribution in [-0.4, -0.2) is 22.8 Å². The molecule has 1 atom stereocenters. The zero-order valence-corrected chi connectivity index (χ0v) is 16.3. The first-order chi connectivity index (χ1) is 12.6. The predicted molar refractivity (Wildman–Crippen MR) is 106 cm³/mol. The van der Waals surface area contributed by atoms with Gasteiger partial charge in [-0.1, -0.05) is 42.5 Å². The lowest BCUT2D eigenvalue weighted by Crippen LogP contribution is -2.34. The van der Waals surface area contributed by atoms with Crippen LogP contribution in [0.5, 0.6) is 0 Å². The van der Waals surface area contributed by atoms with Crippen molar-refractivity contribution in [2.45, 2.75) is 52.2 Å². The molecule has 0 saturated carbocycles. The van der Waals surface area contributed by atoms with Gasteiger partial charge >= 0.3 is 12.1 Å². The number of hydrogen-bond donors (Lipinski definition) is 2. The van der Waals surface area contributed by atoms with Gasteiger partial charge in [-0.25, -0.2) is 4.79 Å². The van der Waals surface area contributed by atoms with Gasteiger partial charge in [-0.15, -0.1) is 0 Å². The number of carboxylic acids is 1. The first-order valence-electron chi connectivity index (χ1n) is 9.04. The van der Waals surface area contributed by atoms with Crippen LogP contribution < -0.4 is 5.32 Å². The maximum absolute atomic E-state index is 12.0. The Morgan fingerprint density at radius 3 is 2.33 bits per heavy atom. The molecule has 5 nitrogen and oxygen atoms in total. The molecule has 0 aliphatic heterocycles. The van der Waals surface area contributed by atoms with E-state index in [0.29, 0.717) is 6.42 Å². The lowest BCUT2D eigenvalue weighted by molar-refractivity contribution is -0.136. The van der Waals surface area contributed by atoms with Crippen molar-refractivity contribution < 1.29 is 19.4 Å². The third kappa shape index (κ3) is 6.77. The summed E-state index contributed by atoms with van der Waals surface area (Å²) in [6.45, 7) is 7.41. The van der Waals surface area contributed by atoms with Gasteiger partial charge in [0.05, 0.1) is 6.04 Å². The molecular weight excluding hydrogens is 342 g/mol. The summed E-state index contributed by atoms with van der Waals surface area (Å²) >= 11 is 0. The van der Waals surface area contributed by atoms with Crippen LogP contribution in [0.2, 0.25) is 0 Å². The number of carbonyl (C=O) groups is 2. The van der Waals surface area contributed by atoms with Gasteiger partial charge in [0, 0.05) is 6.42 Å². The van der Waals surface area contributed by atoms with E-state index < -0.39 is 17.7 Å². The Morgan fingerprint density at radius 2 is 1.74 bits per heavy atom. The first kappa shape index (κ1) is 20.5. The largest absolute Gasteiger partial charge is 0.481 e. The molecule has 0 radical (unpaired) electrons. The van der Waals surface area contributed by atoms with E-state index in [4.69, 9.17) is 9.84 Å². The summed E-state index contributed by atoms with van der Waals surface area (Å²) in [5.41, 5.74) is 3.52. The standard InChI is InChI=1S/C22H27NO4/c1-15(23-21(26)27-22(2,3)4)18-6-5-7-19(14-18)17-11-8-16(9-12-17)10-13-20(24)25/h5-9,11-12,14-15H,10,13H2,1-4H3,(H,23,26)(H,24,25). The summed E-state index contributed by atoms with van der Waals surface area (Å²) in [5.74, 6) is -0.793. The molecule has 0 aromatic heterocycles. The molecule has 2 rings (SSSR count). The van der Waals surface area contributed by atoms with Gasteiger partial charge in [0.25, 0.3) is 0 Å². The SMILES string of the molecule is CC(NC(=O)OC(C)(C)C)c1cccc(-c2ccc(CCC(=O)O)cc2)c1. The number of rotatable bonds is 6. The number of alkyl carbamates (subject to hydrolysis) is 1. The van der Waals surface area contributed by atoms with Gasteiger partial charge in [0.2, 0.25) is 0 Å². The fourth-order valence-electron chi connectivity index (χ4n) is 2.67. The van der Waals surface area contributed by atoms with Crippen LogP contribution in [0.1, 0.15) is 51.3 Å². The normalized spacial score (nSPS) is 12.3. The Morgan fingerprint density at radius 1 is 1.07 bits per heavy atom. The second-order valence-electron chi connectivity index (χ2n) is 7.58. The minimum atomic E-state index is -0.793. The molecule has 2 N–H and O–H groups in total. The topological polar surface area (TPSA) is 75.6 Å². The monoisotopic (exact) mass is 369 g/mol. The molecule has 2 aromatic rings. The van der Waals surface area contributed by atoms with E-state index in [-0.39, 0.29) is 12.5 Å². The molecule has 0 bridgehead atoms. The van der Waals surface area contributed by atoms with E-state index in [1.54, 1.807) is 0 Å². The van der Waals surface area contributed by atoms with Crippen molar-refractivity contribution in [3.8, 4) is 11.1 Å². The fourth-order valence-corrected chi connectivity index (χ4v) is 2.67. The highest BCUT2D eigenvalue weighted by molar-refractivity contribution is 5.69. The van der Waals surface area contributed by atoms with Crippen molar-refractivity contribution >= 4 is 12.1 Å². The Hall–Kier alpha value is -2.82. The zero-order chi connectivity index (χ0) is 20.0. The minimum Gasteiger partial charge on any atom is -0.481 e. The Balaban J connectivity index is 2.08. The van der Waals surface area contributed by atoms with Crippen LogP contribution in [-0.2, 0) is 16.0 Å². The highest BCUT2D eigenvalue weighted by Gasteiger charge is 2.18. The number of benzene rings is 2. The minimum absolute atomic E-state index is 0.128. The number of amides is 1. The maximum Gasteiger partial charge on any atom is 0.408 e. The van der Waals surface area contributed by atoms with Crippen molar-refractivity contribution in [3.63, 3.8) is 0 Å².